The molecule has 0 bridgehead atoms. The molecule has 1 aromatic heterocycles. The van der Waals surface area contributed by atoms with Crippen molar-refractivity contribution in [2.24, 2.45) is 0 Å². The van der Waals surface area contributed by atoms with Gasteiger partial charge in [0.1, 0.15) is 0 Å². The van der Waals surface area contributed by atoms with E-state index in [1.54, 1.807) is 0 Å². The largest absolute Gasteiger partial charge is 0.260 e. The molecule has 0 N–H and O–H groups in total. The molecule has 0 aliphatic carbocycles. The van der Waals surface area contributed by atoms with Gasteiger partial charge >= 0.3 is 0 Å². The first-order valence-corrected chi connectivity index (χ1v) is 4.63. The van der Waals surface area contributed by atoms with Crippen molar-refractivity contribution in [1.29, 1.82) is 0 Å². The number of hydrogen-bond acceptors (Lipinski definition) is 2. The highest BCUT2D eigenvalue weighted by Gasteiger charge is 2.07. The number of aromatic nitrogens is 1. The van der Waals surface area contributed by atoms with E-state index in [1.807, 2.05) is 24.0 Å². The summed E-state index contributed by atoms with van der Waals surface area (Å²) in [5, 5.41) is 0. The number of nitrogens with zero attached hydrogens (tertiary/aromatic N) is 1. The van der Waals surface area contributed by atoms with Crippen molar-refractivity contribution >= 4 is 11.8 Å². The molecule has 0 unspecified atom stereocenters. The van der Waals surface area contributed by atoms with Crippen LogP contribution in [-0.4, -0.2) is 10.7 Å². The molecule has 0 saturated carbocycles. The first-order valence-electron chi connectivity index (χ1n) is 3.47. The Kier molecular flexibility index (Phi) is 1.63. The lowest BCUT2D eigenvalue weighted by Gasteiger charge is -2.12. The molecule has 0 saturated heterocycles. The molecule has 0 spiro atoms. The monoisotopic (exact) mass is 151 g/mol. The number of thioether (sulfide) groups is 1. The van der Waals surface area contributed by atoms with Gasteiger partial charge in [-0.25, -0.2) is 0 Å². The van der Waals surface area contributed by atoms with Crippen LogP contribution >= 0.6 is 11.8 Å². The van der Waals surface area contributed by atoms with E-state index >= 15 is 0 Å². The van der Waals surface area contributed by atoms with Crippen molar-refractivity contribution in [2.45, 2.75) is 12.2 Å². The fourth-order valence-electron chi connectivity index (χ4n) is 1.18. The number of aryl methyl sites for hydroxylation is 1. The minimum absolute atomic E-state index is 1.11. The summed E-state index contributed by atoms with van der Waals surface area (Å²) in [6, 6.07) is 4.21. The maximum atomic E-state index is 4.30. The van der Waals surface area contributed by atoms with E-state index in [-0.39, 0.29) is 0 Å². The van der Waals surface area contributed by atoms with Crippen LogP contribution < -0.4 is 0 Å². The minimum Gasteiger partial charge on any atom is -0.260 e. The first-order chi connectivity index (χ1) is 4.97. The van der Waals surface area contributed by atoms with Crippen LogP contribution in [0.4, 0.5) is 0 Å². The van der Waals surface area contributed by atoms with E-state index in [2.05, 4.69) is 11.1 Å². The van der Waals surface area contributed by atoms with Gasteiger partial charge in [0.05, 0.1) is 5.69 Å². The lowest BCUT2D eigenvalue weighted by atomic mass is 10.1. The summed E-state index contributed by atoms with van der Waals surface area (Å²) >= 11 is 1.98. The summed E-state index contributed by atoms with van der Waals surface area (Å²) in [5.41, 5.74) is 2.74. The third-order valence-electron chi connectivity index (χ3n) is 1.74. The molecule has 1 aliphatic heterocycles. The summed E-state index contributed by atoms with van der Waals surface area (Å²) < 4.78 is 0. The first kappa shape index (κ1) is 6.23. The molecular weight excluding hydrogens is 142 g/mol. The Labute approximate surface area is 64.9 Å². The van der Waals surface area contributed by atoms with Crippen molar-refractivity contribution in [3.63, 3.8) is 0 Å². The number of hydrogen-bond donors (Lipinski definition) is 0. The van der Waals surface area contributed by atoms with E-state index in [9.17, 15) is 0 Å². The van der Waals surface area contributed by atoms with Gasteiger partial charge in [-0.15, -0.1) is 0 Å². The van der Waals surface area contributed by atoms with Gasteiger partial charge in [0.2, 0.25) is 0 Å². The Bertz CT molecular complexity index is 209. The quantitative estimate of drug-likeness (QED) is 0.561. The number of rotatable bonds is 0. The normalized spacial score (nSPS) is 16.4. The van der Waals surface area contributed by atoms with Gasteiger partial charge in [-0.05, 0) is 23.8 Å². The highest BCUT2D eigenvalue weighted by Crippen LogP contribution is 2.21. The molecule has 0 aromatic carbocycles. The topological polar surface area (TPSA) is 12.9 Å². The standard InChI is InChI=1S/C8H9NS/c1-2-7-3-5-10-6-8(7)9-4-1/h1-2,4H,3,5-6H2. The Morgan fingerprint density at radius 1 is 1.50 bits per heavy atom. The van der Waals surface area contributed by atoms with Crippen LogP contribution in [0.25, 0.3) is 0 Å². The maximum Gasteiger partial charge on any atom is 0.0534 e. The second kappa shape index (κ2) is 2.62. The van der Waals surface area contributed by atoms with Crippen molar-refractivity contribution in [3.05, 3.63) is 29.6 Å². The molecule has 1 aromatic rings. The number of pyridine rings is 1. The zero-order valence-corrected chi connectivity index (χ0v) is 6.53. The SMILES string of the molecule is c1cnc2c(c1)CCSC2. The van der Waals surface area contributed by atoms with Crippen LogP contribution in [0.2, 0.25) is 0 Å². The van der Waals surface area contributed by atoms with E-state index in [0.717, 1.165) is 5.75 Å². The summed E-state index contributed by atoms with van der Waals surface area (Å²) in [7, 11) is 0. The molecule has 2 heterocycles. The van der Waals surface area contributed by atoms with Gasteiger partial charge in [0, 0.05) is 11.9 Å². The van der Waals surface area contributed by atoms with Gasteiger partial charge in [0.25, 0.3) is 0 Å². The molecule has 1 nitrogen and oxygen atoms in total. The third-order valence-corrected chi connectivity index (χ3v) is 2.71. The van der Waals surface area contributed by atoms with E-state index in [4.69, 9.17) is 0 Å². The predicted octanol–water partition coefficient (Wildman–Crippen LogP) is 1.87. The van der Waals surface area contributed by atoms with Gasteiger partial charge in [-0.1, -0.05) is 6.07 Å². The lowest BCUT2D eigenvalue weighted by Crippen LogP contribution is -2.03. The highest BCUT2D eigenvalue weighted by molar-refractivity contribution is 7.98. The van der Waals surface area contributed by atoms with Gasteiger partial charge < -0.3 is 0 Å². The molecule has 2 rings (SSSR count). The zero-order chi connectivity index (χ0) is 6.81. The van der Waals surface area contributed by atoms with Crippen molar-refractivity contribution in [3.8, 4) is 0 Å². The third kappa shape index (κ3) is 1.03. The van der Waals surface area contributed by atoms with Crippen LogP contribution in [-0.2, 0) is 12.2 Å². The van der Waals surface area contributed by atoms with Gasteiger partial charge in [-0.3, -0.25) is 4.98 Å². The molecule has 0 amide bonds. The Hall–Kier alpha value is -0.500. The Balaban J connectivity index is 2.41. The second-order valence-corrected chi connectivity index (χ2v) is 3.52. The van der Waals surface area contributed by atoms with Crippen LogP contribution in [0, 0.1) is 0 Å². The van der Waals surface area contributed by atoms with Crippen LogP contribution in [0.3, 0.4) is 0 Å². The smallest absolute Gasteiger partial charge is 0.0534 e. The average Bonchev–Trinajstić information content (AvgIpc) is 2.05. The van der Waals surface area contributed by atoms with Crippen molar-refractivity contribution in [1.82, 2.24) is 4.98 Å². The number of fused-ring (bicyclic) bond motifs is 1. The molecule has 2 heteroatoms. The molecule has 0 atom stereocenters. The van der Waals surface area contributed by atoms with Gasteiger partial charge in [-0.2, -0.15) is 11.8 Å². The zero-order valence-electron chi connectivity index (χ0n) is 5.71. The van der Waals surface area contributed by atoms with Crippen LogP contribution in [0.5, 0.6) is 0 Å². The van der Waals surface area contributed by atoms with Crippen LogP contribution in [0.15, 0.2) is 18.3 Å². The maximum absolute atomic E-state index is 4.30. The molecule has 10 heavy (non-hydrogen) atoms. The van der Waals surface area contributed by atoms with Crippen molar-refractivity contribution in [2.75, 3.05) is 5.75 Å². The summed E-state index contributed by atoms with van der Waals surface area (Å²) in [5.74, 6) is 2.37. The summed E-state index contributed by atoms with van der Waals surface area (Å²) in [6.45, 7) is 0. The molecular formula is C8H9NS. The molecule has 0 radical (unpaired) electrons. The molecule has 1 aliphatic rings. The van der Waals surface area contributed by atoms with E-state index in [0.29, 0.717) is 0 Å². The van der Waals surface area contributed by atoms with Crippen molar-refractivity contribution < 1.29 is 0 Å². The summed E-state index contributed by atoms with van der Waals surface area (Å²) in [4.78, 5) is 4.30. The summed E-state index contributed by atoms with van der Waals surface area (Å²) in [6.07, 6.45) is 3.08. The Morgan fingerprint density at radius 3 is 3.40 bits per heavy atom. The second-order valence-electron chi connectivity index (χ2n) is 2.41. The predicted molar refractivity (Wildman–Crippen MR) is 44.1 cm³/mol. The molecule has 0 fully saturated rings. The Morgan fingerprint density at radius 2 is 2.50 bits per heavy atom. The fourth-order valence-corrected chi connectivity index (χ4v) is 2.14. The van der Waals surface area contributed by atoms with Crippen LogP contribution in [0.1, 0.15) is 11.3 Å². The lowest BCUT2D eigenvalue weighted by molar-refractivity contribution is 1.02. The highest BCUT2D eigenvalue weighted by atomic mass is 32.2. The molecule has 52 valence electrons. The van der Waals surface area contributed by atoms with E-state index < -0.39 is 0 Å². The minimum atomic E-state index is 1.11. The fraction of sp³-hybridized carbons (Fsp3) is 0.375. The average molecular weight is 151 g/mol. The van der Waals surface area contributed by atoms with E-state index in [1.165, 1.54) is 23.4 Å². The van der Waals surface area contributed by atoms with Gasteiger partial charge in [0.15, 0.2) is 0 Å².